The molecule has 0 aliphatic carbocycles. The van der Waals surface area contributed by atoms with E-state index in [-0.39, 0.29) is 54.4 Å². The number of amides is 1. The van der Waals surface area contributed by atoms with Crippen molar-refractivity contribution in [2.75, 3.05) is 32.7 Å². The highest BCUT2D eigenvalue weighted by Crippen LogP contribution is 2.19. The molecule has 1 saturated heterocycles. The monoisotopic (exact) mass is 629 g/mol. The zero-order valence-corrected chi connectivity index (χ0v) is 25.5. The number of primary sulfonamides is 1. The standard InChI is InChI=1S/C28H35N5O3S.3ClH/c29-37(35,36)26-11-9-22(10-12-26)13-14-30-21-23-5-3-6-24(19-23)27-8-4-7-25(32-27)20-28(34)31-15-18-33-16-1-2-17-33;;;/h3-12,19,30H,1-2,13-18,20-21H2,(H,31,34)(H2,29,35,36);3*1H. The molecule has 4 rings (SSSR count). The highest BCUT2D eigenvalue weighted by molar-refractivity contribution is 7.89. The first-order chi connectivity index (χ1) is 17.9. The van der Waals surface area contributed by atoms with Gasteiger partial charge in [-0.05, 0) is 80.4 Å². The molecule has 1 aliphatic rings. The number of nitrogens with two attached hydrogens (primary N) is 1. The molecule has 220 valence electrons. The summed E-state index contributed by atoms with van der Waals surface area (Å²) in [6, 6.07) is 20.7. The molecule has 0 unspecified atom stereocenters. The van der Waals surface area contributed by atoms with Gasteiger partial charge in [-0.25, -0.2) is 13.6 Å². The number of nitrogens with one attached hydrogen (secondary N) is 2. The van der Waals surface area contributed by atoms with E-state index in [0.29, 0.717) is 13.1 Å². The van der Waals surface area contributed by atoms with E-state index in [1.807, 2.05) is 30.3 Å². The average Bonchev–Trinajstić information content (AvgIpc) is 3.40. The topological polar surface area (TPSA) is 117 Å². The quantitative estimate of drug-likeness (QED) is 0.263. The van der Waals surface area contributed by atoms with Gasteiger partial charge >= 0.3 is 0 Å². The Morgan fingerprint density at radius 3 is 2.30 bits per heavy atom. The van der Waals surface area contributed by atoms with Gasteiger partial charge in [-0.2, -0.15) is 0 Å². The van der Waals surface area contributed by atoms with Gasteiger partial charge in [0, 0.05) is 25.2 Å². The number of halogens is 3. The molecule has 0 atom stereocenters. The molecular formula is C28H38Cl3N5O3S. The van der Waals surface area contributed by atoms with Gasteiger partial charge in [-0.3, -0.25) is 9.78 Å². The Kier molecular flexibility index (Phi) is 15.7. The maximum absolute atomic E-state index is 12.4. The molecule has 1 fully saturated rings. The SMILES string of the molecule is Cl.Cl.Cl.NS(=O)(=O)c1ccc(CCNCc2cccc(-c3cccc(CC(=O)NCCN4CCCC4)n3)c2)cc1. The van der Waals surface area contributed by atoms with E-state index >= 15 is 0 Å². The summed E-state index contributed by atoms with van der Waals surface area (Å²) in [4.78, 5) is 19.6. The highest BCUT2D eigenvalue weighted by Gasteiger charge is 2.12. The van der Waals surface area contributed by atoms with Crippen molar-refractivity contribution in [3.63, 3.8) is 0 Å². The van der Waals surface area contributed by atoms with Gasteiger partial charge in [0.25, 0.3) is 0 Å². The molecule has 0 radical (unpaired) electrons. The predicted molar refractivity (Wildman–Crippen MR) is 167 cm³/mol. The molecule has 0 spiro atoms. The highest BCUT2D eigenvalue weighted by atomic mass is 35.5. The molecule has 0 saturated carbocycles. The Morgan fingerprint density at radius 2 is 1.60 bits per heavy atom. The van der Waals surface area contributed by atoms with Crippen molar-refractivity contribution in [1.29, 1.82) is 0 Å². The number of nitrogens with zero attached hydrogens (tertiary/aromatic N) is 2. The molecule has 1 aliphatic heterocycles. The second-order valence-corrected chi connectivity index (χ2v) is 11.0. The lowest BCUT2D eigenvalue weighted by Crippen LogP contribution is -2.34. The van der Waals surface area contributed by atoms with Crippen LogP contribution in [0.1, 0.15) is 29.7 Å². The van der Waals surface area contributed by atoms with Crippen LogP contribution in [0.25, 0.3) is 11.3 Å². The molecule has 2 aromatic carbocycles. The minimum absolute atomic E-state index is 0. The van der Waals surface area contributed by atoms with E-state index in [9.17, 15) is 13.2 Å². The molecule has 1 amide bonds. The van der Waals surface area contributed by atoms with Crippen LogP contribution in [0.3, 0.4) is 0 Å². The first-order valence-corrected chi connectivity index (χ1v) is 14.3. The number of benzene rings is 2. The number of rotatable bonds is 12. The van der Waals surface area contributed by atoms with Crippen molar-refractivity contribution < 1.29 is 13.2 Å². The van der Waals surface area contributed by atoms with Crippen LogP contribution in [0.2, 0.25) is 0 Å². The van der Waals surface area contributed by atoms with Crippen molar-refractivity contribution in [3.8, 4) is 11.3 Å². The molecule has 8 nitrogen and oxygen atoms in total. The van der Waals surface area contributed by atoms with Crippen molar-refractivity contribution in [3.05, 3.63) is 83.6 Å². The number of sulfonamides is 1. The Labute approximate surface area is 255 Å². The summed E-state index contributed by atoms with van der Waals surface area (Å²) < 4.78 is 22.8. The second-order valence-electron chi connectivity index (χ2n) is 9.41. The molecule has 0 bridgehead atoms. The van der Waals surface area contributed by atoms with Crippen molar-refractivity contribution >= 4 is 53.2 Å². The third-order valence-corrected chi connectivity index (χ3v) is 7.42. The lowest BCUT2D eigenvalue weighted by Gasteiger charge is -2.14. The summed E-state index contributed by atoms with van der Waals surface area (Å²) in [6.45, 7) is 5.29. The summed E-state index contributed by atoms with van der Waals surface area (Å²) in [6.07, 6.45) is 3.55. The fourth-order valence-corrected chi connectivity index (χ4v) is 4.99. The van der Waals surface area contributed by atoms with Crippen LogP contribution in [0.15, 0.2) is 71.6 Å². The number of carbonyl (C=O) groups is 1. The molecular weight excluding hydrogens is 593 g/mol. The smallest absolute Gasteiger partial charge is 0.238 e. The molecule has 2 heterocycles. The normalized spacial score (nSPS) is 13.0. The van der Waals surface area contributed by atoms with Crippen molar-refractivity contribution in [1.82, 2.24) is 20.5 Å². The van der Waals surface area contributed by atoms with E-state index in [1.54, 1.807) is 12.1 Å². The van der Waals surface area contributed by atoms with Gasteiger partial charge in [0.05, 0.1) is 22.7 Å². The fourth-order valence-electron chi connectivity index (χ4n) is 4.48. The van der Waals surface area contributed by atoms with Gasteiger partial charge < -0.3 is 15.5 Å². The van der Waals surface area contributed by atoms with Gasteiger partial charge in [-0.15, -0.1) is 37.2 Å². The number of likely N-dealkylation sites (tertiary alicyclic amines) is 1. The fraction of sp³-hybridized carbons (Fsp3) is 0.357. The molecule has 1 aromatic heterocycles. The van der Waals surface area contributed by atoms with E-state index in [2.05, 4.69) is 27.7 Å². The van der Waals surface area contributed by atoms with E-state index in [0.717, 1.165) is 60.7 Å². The predicted octanol–water partition coefficient (Wildman–Crippen LogP) is 3.75. The molecule has 3 aromatic rings. The number of carbonyl (C=O) groups excluding carboxylic acids is 1. The number of hydrogen-bond donors (Lipinski definition) is 3. The lowest BCUT2D eigenvalue weighted by atomic mass is 10.1. The van der Waals surface area contributed by atoms with Gasteiger partial charge in [0.1, 0.15) is 0 Å². The zero-order valence-electron chi connectivity index (χ0n) is 22.3. The maximum Gasteiger partial charge on any atom is 0.238 e. The van der Waals surface area contributed by atoms with E-state index in [4.69, 9.17) is 10.1 Å². The average molecular weight is 631 g/mol. The van der Waals surface area contributed by atoms with Crippen LogP contribution in [-0.2, 0) is 34.2 Å². The van der Waals surface area contributed by atoms with Gasteiger partial charge in [-0.1, -0.05) is 36.4 Å². The van der Waals surface area contributed by atoms with Gasteiger partial charge in [0.2, 0.25) is 15.9 Å². The summed E-state index contributed by atoms with van der Waals surface area (Å²) in [5.74, 6) is 0.00101. The number of aromatic nitrogens is 1. The number of pyridine rings is 1. The van der Waals surface area contributed by atoms with Crippen LogP contribution < -0.4 is 15.8 Å². The van der Waals surface area contributed by atoms with Crippen LogP contribution >= 0.6 is 37.2 Å². The first kappa shape index (κ1) is 35.8. The van der Waals surface area contributed by atoms with Crippen LogP contribution in [0, 0.1) is 0 Å². The van der Waals surface area contributed by atoms with Crippen LogP contribution in [0.4, 0.5) is 0 Å². The molecule has 40 heavy (non-hydrogen) atoms. The Hall–Kier alpha value is -2.24. The summed E-state index contributed by atoms with van der Waals surface area (Å²) in [5, 5.41) is 11.6. The van der Waals surface area contributed by atoms with Gasteiger partial charge in [0.15, 0.2) is 0 Å². The van der Waals surface area contributed by atoms with E-state index < -0.39 is 10.0 Å². The van der Waals surface area contributed by atoms with Crippen molar-refractivity contribution in [2.24, 2.45) is 5.14 Å². The summed E-state index contributed by atoms with van der Waals surface area (Å²) >= 11 is 0. The Bertz CT molecular complexity index is 1300. The minimum atomic E-state index is -3.67. The summed E-state index contributed by atoms with van der Waals surface area (Å²) in [7, 11) is -3.67. The second kappa shape index (κ2) is 17.5. The largest absolute Gasteiger partial charge is 0.354 e. The third kappa shape index (κ3) is 11.3. The zero-order chi connectivity index (χ0) is 26.1. The molecule has 12 heteroatoms. The van der Waals surface area contributed by atoms with Crippen molar-refractivity contribution in [2.45, 2.75) is 37.1 Å². The minimum Gasteiger partial charge on any atom is -0.354 e. The lowest BCUT2D eigenvalue weighted by molar-refractivity contribution is -0.120. The van der Waals surface area contributed by atoms with E-state index in [1.165, 1.54) is 25.0 Å². The molecule has 4 N–H and O–H groups in total. The van der Waals surface area contributed by atoms with Crippen LogP contribution in [-0.4, -0.2) is 56.9 Å². The Morgan fingerprint density at radius 1 is 0.900 bits per heavy atom. The first-order valence-electron chi connectivity index (χ1n) is 12.7. The third-order valence-electron chi connectivity index (χ3n) is 6.49. The maximum atomic E-state index is 12.4. The number of hydrogen-bond acceptors (Lipinski definition) is 6. The van der Waals surface area contributed by atoms with Crippen LogP contribution in [0.5, 0.6) is 0 Å². The Balaban J connectivity index is 0.00000267. The summed E-state index contributed by atoms with van der Waals surface area (Å²) in [5.41, 5.74) is 4.78.